The van der Waals surface area contributed by atoms with E-state index in [0.29, 0.717) is 6.04 Å². The molecule has 4 nitrogen and oxygen atoms in total. The van der Waals surface area contributed by atoms with Gasteiger partial charge in [-0.15, -0.1) is 10.5 Å². The summed E-state index contributed by atoms with van der Waals surface area (Å²) in [7, 11) is 2.19. The van der Waals surface area contributed by atoms with Crippen LogP contribution in [0.2, 0.25) is 0 Å². The molecule has 0 aliphatic carbocycles. The molecule has 1 aromatic rings. The van der Waals surface area contributed by atoms with E-state index in [1.165, 1.54) is 24.9 Å². The number of likely N-dealkylation sites (tertiary alicyclic amines) is 1. The molecule has 2 heterocycles. The van der Waals surface area contributed by atoms with Crippen molar-refractivity contribution in [2.24, 2.45) is 0 Å². The van der Waals surface area contributed by atoms with Gasteiger partial charge in [0.2, 0.25) is 0 Å². The van der Waals surface area contributed by atoms with Gasteiger partial charge in [-0.2, -0.15) is 0 Å². The molecule has 7 heteroatoms. The zero-order valence-electron chi connectivity index (χ0n) is 10.6. The van der Waals surface area contributed by atoms with Crippen LogP contribution in [0.15, 0.2) is 24.5 Å². The molecule has 0 bridgehead atoms. The molecule has 1 radical (unpaired) electrons. The predicted octanol–water partition coefficient (Wildman–Crippen LogP) is 0.804. The summed E-state index contributed by atoms with van der Waals surface area (Å²) >= 11 is 4.98. The molecule has 105 valence electrons. The van der Waals surface area contributed by atoms with Crippen LogP contribution in [0.3, 0.4) is 0 Å². The van der Waals surface area contributed by atoms with E-state index in [9.17, 15) is 0 Å². The van der Waals surface area contributed by atoms with Gasteiger partial charge in [-0.05, 0) is 38.1 Å². The Balaban J connectivity index is 0. The first-order valence-electron chi connectivity index (χ1n) is 5.43. The molecule has 1 aromatic heterocycles. The molecular formula is C12H18CuN4S2+4. The molecule has 0 aromatic carbocycles. The molecule has 1 saturated heterocycles. The zero-order chi connectivity index (χ0) is 13.8. The summed E-state index contributed by atoms with van der Waals surface area (Å²) in [6.45, 7) is 1.22. The van der Waals surface area contributed by atoms with Gasteiger partial charge in [-0.3, -0.25) is 9.88 Å². The average Bonchev–Trinajstić information content (AvgIpc) is 2.79. The zero-order valence-corrected chi connectivity index (χ0v) is 13.5. The van der Waals surface area contributed by atoms with Gasteiger partial charge in [0.15, 0.2) is 0 Å². The fourth-order valence-electron chi connectivity index (χ4n) is 1.90. The second-order valence-electron chi connectivity index (χ2n) is 3.65. The van der Waals surface area contributed by atoms with Crippen LogP contribution in [0.25, 0.3) is 0 Å². The van der Waals surface area contributed by atoms with Gasteiger partial charge in [-0.25, -0.2) is 0 Å². The molecule has 0 saturated carbocycles. The Morgan fingerprint density at radius 3 is 2.32 bits per heavy atom. The maximum absolute atomic E-state index is 7.23. The largest absolute Gasteiger partial charge is 2.00 e. The Bertz CT molecular complexity index is 390. The quantitative estimate of drug-likeness (QED) is 0.429. The summed E-state index contributed by atoms with van der Waals surface area (Å²) in [4.78, 5) is 6.54. The Morgan fingerprint density at radius 2 is 1.95 bits per heavy atom. The molecule has 0 amide bonds. The second-order valence-corrected chi connectivity index (χ2v) is 4.10. The van der Waals surface area contributed by atoms with Gasteiger partial charge >= 0.3 is 27.9 Å². The fourth-order valence-corrected chi connectivity index (χ4v) is 1.90. The topological polar surface area (TPSA) is 63.7 Å². The van der Waals surface area contributed by atoms with Crippen molar-refractivity contribution in [2.45, 2.75) is 18.9 Å². The van der Waals surface area contributed by atoms with Gasteiger partial charge < -0.3 is 0 Å². The number of thiocyanates is 2. The van der Waals surface area contributed by atoms with Crippen molar-refractivity contribution < 1.29 is 17.1 Å². The molecule has 1 unspecified atom stereocenters. The van der Waals surface area contributed by atoms with E-state index < -0.39 is 0 Å². The van der Waals surface area contributed by atoms with Crippen LogP contribution >= 0.6 is 0 Å². The van der Waals surface area contributed by atoms with Crippen molar-refractivity contribution in [3.63, 3.8) is 0 Å². The van der Waals surface area contributed by atoms with E-state index >= 15 is 0 Å². The standard InChI is InChI=1S/C10H14N2.2CHNS.Cu/c1-12-7-3-5-10(12)9-4-2-6-11-8-9;2*2-1-3;/h2,4,6,8,10H,3,5,7H2,1H3;2*3H;/q;;;+2/p+2. The number of nitriles is 2. The van der Waals surface area contributed by atoms with E-state index in [-0.39, 0.29) is 17.1 Å². The van der Waals surface area contributed by atoms with Crippen LogP contribution in [0.5, 0.6) is 0 Å². The van der Waals surface area contributed by atoms with E-state index in [1.54, 1.807) is 10.8 Å². The first-order valence-corrected chi connectivity index (χ1v) is 6.43. The maximum atomic E-state index is 7.23. The van der Waals surface area contributed by atoms with Crippen molar-refractivity contribution >= 4 is 25.3 Å². The number of pyridine rings is 1. The van der Waals surface area contributed by atoms with Gasteiger partial charge in [0, 0.05) is 18.4 Å². The normalized spacial score (nSPS) is 16.4. The first-order chi connectivity index (χ1) is 8.71. The summed E-state index contributed by atoms with van der Waals surface area (Å²) in [5.41, 5.74) is 1.36. The monoisotopic (exact) mass is 345 g/mol. The number of hydrogen-bond acceptors (Lipinski definition) is 4. The third-order valence-corrected chi connectivity index (χ3v) is 2.59. The summed E-state index contributed by atoms with van der Waals surface area (Å²) in [5, 5.41) is 17.6. The number of aromatic nitrogens is 1. The van der Waals surface area contributed by atoms with Gasteiger partial charge in [-0.1, -0.05) is 6.07 Å². The van der Waals surface area contributed by atoms with E-state index in [1.807, 2.05) is 18.5 Å². The van der Waals surface area contributed by atoms with Crippen LogP contribution in [-0.2, 0) is 42.3 Å². The molecule has 0 N–H and O–H groups in total. The molecule has 2 rings (SSSR count). The molecule has 1 atom stereocenters. The fraction of sp³-hybridized carbons (Fsp3) is 0.417. The Morgan fingerprint density at radius 1 is 1.37 bits per heavy atom. The second kappa shape index (κ2) is 13.7. The molecular weight excluding hydrogens is 328 g/mol. The van der Waals surface area contributed by atoms with Crippen molar-refractivity contribution in [2.75, 3.05) is 13.6 Å². The summed E-state index contributed by atoms with van der Waals surface area (Å²) in [5.74, 6) is 0. The SMILES string of the molecule is CN1CCCC1c1cccnc1.N#C[SH2+].N#C[SH2+].[Cu+2]. The minimum Gasteiger partial charge on any atom is -0.299 e. The minimum atomic E-state index is 0. The summed E-state index contributed by atoms with van der Waals surface area (Å²) < 4.78 is 0. The Hall–Kier alpha value is -0.691. The Labute approximate surface area is 136 Å². The summed E-state index contributed by atoms with van der Waals surface area (Å²) in [6.07, 6.45) is 6.41. The van der Waals surface area contributed by atoms with Crippen molar-refractivity contribution in [3.8, 4) is 10.8 Å². The summed E-state index contributed by atoms with van der Waals surface area (Å²) in [6, 6.07) is 4.79. The van der Waals surface area contributed by atoms with E-state index in [4.69, 9.17) is 10.5 Å². The van der Waals surface area contributed by atoms with Gasteiger partial charge in [0.05, 0.1) is 25.3 Å². The Kier molecular flexibility index (Phi) is 14.9. The number of hydrogen-bond donors (Lipinski definition) is 0. The third-order valence-electron chi connectivity index (χ3n) is 2.59. The first kappa shape index (κ1) is 20.6. The minimum absolute atomic E-state index is 0. The molecule has 0 spiro atoms. The van der Waals surface area contributed by atoms with Gasteiger partial charge in [0.25, 0.3) is 0 Å². The third kappa shape index (κ3) is 8.93. The number of rotatable bonds is 1. The number of nitrogens with zero attached hydrogens (tertiary/aromatic N) is 4. The van der Waals surface area contributed by atoms with E-state index in [0.717, 1.165) is 0 Å². The van der Waals surface area contributed by atoms with Crippen LogP contribution < -0.4 is 0 Å². The van der Waals surface area contributed by atoms with Gasteiger partial charge in [0.1, 0.15) is 0 Å². The molecule has 19 heavy (non-hydrogen) atoms. The molecule has 1 aliphatic heterocycles. The van der Waals surface area contributed by atoms with Crippen LogP contribution in [0.4, 0.5) is 0 Å². The smallest absolute Gasteiger partial charge is 0.299 e. The van der Waals surface area contributed by atoms with E-state index in [2.05, 4.69) is 48.3 Å². The predicted molar refractivity (Wildman–Crippen MR) is 80.4 cm³/mol. The average molecular weight is 346 g/mol. The van der Waals surface area contributed by atoms with Crippen LogP contribution in [-0.4, -0.2) is 23.5 Å². The van der Waals surface area contributed by atoms with Crippen LogP contribution in [0.1, 0.15) is 24.4 Å². The van der Waals surface area contributed by atoms with Crippen molar-refractivity contribution in [3.05, 3.63) is 30.1 Å². The van der Waals surface area contributed by atoms with Crippen LogP contribution in [0, 0.1) is 21.3 Å². The molecule has 1 aliphatic rings. The van der Waals surface area contributed by atoms with Crippen molar-refractivity contribution in [1.29, 1.82) is 10.5 Å². The van der Waals surface area contributed by atoms with Crippen molar-refractivity contribution in [1.82, 2.24) is 9.88 Å². The molecule has 1 fully saturated rings. The maximum Gasteiger partial charge on any atom is 2.00 e.